The number of methoxy groups -OCH3 is 1. The summed E-state index contributed by atoms with van der Waals surface area (Å²) in [6.45, 7) is 2.27. The van der Waals surface area contributed by atoms with Gasteiger partial charge in [-0.15, -0.1) is 5.92 Å². The van der Waals surface area contributed by atoms with Gasteiger partial charge < -0.3 is 9.84 Å². The van der Waals surface area contributed by atoms with Crippen LogP contribution in [0.25, 0.3) is 0 Å². The van der Waals surface area contributed by atoms with E-state index in [2.05, 4.69) is 11.8 Å². The Morgan fingerprint density at radius 3 is 2.78 bits per heavy atom. The van der Waals surface area contributed by atoms with Crippen molar-refractivity contribution in [3.63, 3.8) is 0 Å². The van der Waals surface area contributed by atoms with Crippen LogP contribution in [0.5, 0.6) is 0 Å². The second-order valence-corrected chi connectivity index (χ2v) is 1.69. The summed E-state index contributed by atoms with van der Waals surface area (Å²) in [7, 11) is 1.60. The fourth-order valence-corrected chi connectivity index (χ4v) is 0.468. The van der Waals surface area contributed by atoms with Crippen molar-refractivity contribution in [1.29, 1.82) is 0 Å². The summed E-state index contributed by atoms with van der Waals surface area (Å²) >= 11 is 0. The molecular formula is C7H12O2. The number of ether oxygens (including phenoxy) is 1. The number of aliphatic hydroxyl groups excluding tert-OH is 1. The molecule has 0 rings (SSSR count). The first kappa shape index (κ1) is 8.48. The van der Waals surface area contributed by atoms with Crippen molar-refractivity contribution in [2.75, 3.05) is 13.7 Å². The van der Waals surface area contributed by atoms with E-state index in [4.69, 9.17) is 9.84 Å². The molecule has 0 aliphatic carbocycles. The molecule has 0 heterocycles. The average Bonchev–Trinajstić information content (AvgIpc) is 1.85. The van der Waals surface area contributed by atoms with Gasteiger partial charge in [-0.3, -0.25) is 0 Å². The Morgan fingerprint density at radius 1 is 1.67 bits per heavy atom. The van der Waals surface area contributed by atoms with Crippen LogP contribution in [0.3, 0.4) is 0 Å². The van der Waals surface area contributed by atoms with Crippen molar-refractivity contribution >= 4 is 0 Å². The Hall–Kier alpha value is -0.520. The second-order valence-electron chi connectivity index (χ2n) is 1.69. The molecule has 1 unspecified atom stereocenters. The van der Waals surface area contributed by atoms with Crippen LogP contribution >= 0.6 is 0 Å². The molecule has 0 aromatic rings. The van der Waals surface area contributed by atoms with Crippen LogP contribution < -0.4 is 0 Å². The van der Waals surface area contributed by atoms with Gasteiger partial charge in [0.15, 0.2) is 0 Å². The van der Waals surface area contributed by atoms with E-state index in [1.807, 2.05) is 0 Å². The highest BCUT2D eigenvalue weighted by Crippen LogP contribution is 1.88. The van der Waals surface area contributed by atoms with E-state index < -0.39 is 6.10 Å². The lowest BCUT2D eigenvalue weighted by Gasteiger charge is -1.99. The summed E-state index contributed by atoms with van der Waals surface area (Å²) in [5, 5.41) is 8.93. The third kappa shape index (κ3) is 5.35. The number of aliphatic hydroxyl groups is 1. The molecule has 1 N–H and O–H groups in total. The minimum Gasteiger partial charge on any atom is -0.385 e. The third-order valence-electron chi connectivity index (χ3n) is 0.906. The molecular weight excluding hydrogens is 116 g/mol. The smallest absolute Gasteiger partial charge is 0.116 e. The first-order chi connectivity index (χ1) is 4.31. The van der Waals surface area contributed by atoms with E-state index in [1.165, 1.54) is 0 Å². The molecule has 2 nitrogen and oxygen atoms in total. The van der Waals surface area contributed by atoms with Gasteiger partial charge in [-0.2, -0.15) is 0 Å². The maximum atomic E-state index is 8.93. The maximum absolute atomic E-state index is 8.93. The van der Waals surface area contributed by atoms with E-state index in [0.29, 0.717) is 13.0 Å². The lowest BCUT2D eigenvalue weighted by Crippen LogP contribution is -2.06. The minimum absolute atomic E-state index is 0.519. The largest absolute Gasteiger partial charge is 0.385 e. The number of rotatable bonds is 3. The normalized spacial score (nSPS) is 11.9. The summed E-state index contributed by atoms with van der Waals surface area (Å²) in [4.78, 5) is 0. The number of hydrogen-bond acceptors (Lipinski definition) is 2. The highest BCUT2D eigenvalue weighted by molar-refractivity contribution is 5.01. The SMILES string of the molecule is CC#CC(O)CCOC. The molecule has 0 aliphatic rings. The standard InChI is InChI=1S/C7H12O2/c1-3-4-7(8)5-6-9-2/h7-8H,5-6H2,1-2H3. The molecule has 0 saturated carbocycles. The molecule has 0 fully saturated rings. The predicted octanol–water partition coefficient (Wildman–Crippen LogP) is 0.407. The zero-order valence-corrected chi connectivity index (χ0v) is 5.85. The molecule has 0 radical (unpaired) electrons. The Labute approximate surface area is 55.8 Å². The first-order valence-electron chi connectivity index (χ1n) is 2.90. The van der Waals surface area contributed by atoms with E-state index in [9.17, 15) is 0 Å². The van der Waals surface area contributed by atoms with Gasteiger partial charge in [0.05, 0.1) is 0 Å². The van der Waals surface area contributed by atoms with Gasteiger partial charge in [0.25, 0.3) is 0 Å². The van der Waals surface area contributed by atoms with Gasteiger partial charge in [-0.05, 0) is 6.92 Å². The molecule has 0 saturated heterocycles. The quantitative estimate of drug-likeness (QED) is 0.558. The van der Waals surface area contributed by atoms with E-state index in [0.717, 1.165) is 0 Å². The zero-order valence-electron chi connectivity index (χ0n) is 5.85. The summed E-state index contributed by atoms with van der Waals surface area (Å²) in [5.74, 6) is 5.23. The fraction of sp³-hybridized carbons (Fsp3) is 0.714. The lowest BCUT2D eigenvalue weighted by atomic mass is 10.3. The highest BCUT2D eigenvalue weighted by Gasteiger charge is 1.95. The van der Waals surface area contributed by atoms with Crippen molar-refractivity contribution in [3.05, 3.63) is 0 Å². The Kier molecular flexibility index (Phi) is 5.29. The van der Waals surface area contributed by atoms with Gasteiger partial charge in [0.1, 0.15) is 6.10 Å². The molecule has 0 aromatic carbocycles. The molecule has 0 spiro atoms. The van der Waals surface area contributed by atoms with Crippen LogP contribution in [-0.2, 0) is 4.74 Å². The van der Waals surface area contributed by atoms with Crippen LogP contribution in [0.4, 0.5) is 0 Å². The molecule has 1 atom stereocenters. The van der Waals surface area contributed by atoms with Crippen molar-refractivity contribution in [1.82, 2.24) is 0 Å². The topological polar surface area (TPSA) is 29.5 Å². The molecule has 0 aliphatic heterocycles. The van der Waals surface area contributed by atoms with Crippen LogP contribution in [-0.4, -0.2) is 24.9 Å². The van der Waals surface area contributed by atoms with Crippen molar-refractivity contribution < 1.29 is 9.84 Å². The highest BCUT2D eigenvalue weighted by atomic mass is 16.5. The van der Waals surface area contributed by atoms with Gasteiger partial charge in [-0.25, -0.2) is 0 Å². The summed E-state index contributed by atoms with van der Waals surface area (Å²) < 4.78 is 4.73. The van der Waals surface area contributed by atoms with Gasteiger partial charge in [0.2, 0.25) is 0 Å². The van der Waals surface area contributed by atoms with Gasteiger partial charge in [-0.1, -0.05) is 5.92 Å². The zero-order chi connectivity index (χ0) is 7.11. The van der Waals surface area contributed by atoms with Crippen LogP contribution in [0, 0.1) is 11.8 Å². The van der Waals surface area contributed by atoms with Gasteiger partial charge in [0, 0.05) is 20.1 Å². The van der Waals surface area contributed by atoms with E-state index in [1.54, 1.807) is 14.0 Å². The van der Waals surface area contributed by atoms with E-state index in [-0.39, 0.29) is 0 Å². The first-order valence-corrected chi connectivity index (χ1v) is 2.90. The minimum atomic E-state index is -0.519. The van der Waals surface area contributed by atoms with Crippen molar-refractivity contribution in [2.24, 2.45) is 0 Å². The summed E-state index contributed by atoms with van der Waals surface area (Å²) in [6, 6.07) is 0. The molecule has 0 aromatic heterocycles. The molecule has 9 heavy (non-hydrogen) atoms. The molecule has 0 amide bonds. The monoisotopic (exact) mass is 128 g/mol. The van der Waals surface area contributed by atoms with Crippen molar-refractivity contribution in [2.45, 2.75) is 19.4 Å². The molecule has 0 bridgehead atoms. The Morgan fingerprint density at radius 2 is 2.33 bits per heavy atom. The predicted molar refractivity (Wildman–Crippen MR) is 35.9 cm³/mol. The Bertz CT molecular complexity index is 110. The number of hydrogen-bond donors (Lipinski definition) is 1. The van der Waals surface area contributed by atoms with Crippen LogP contribution in [0.1, 0.15) is 13.3 Å². The molecule has 2 heteroatoms. The van der Waals surface area contributed by atoms with Gasteiger partial charge >= 0.3 is 0 Å². The Balaban J connectivity index is 3.23. The average molecular weight is 128 g/mol. The summed E-state index contributed by atoms with van der Waals surface area (Å²) in [6.07, 6.45) is 0.0760. The van der Waals surface area contributed by atoms with Crippen molar-refractivity contribution in [3.8, 4) is 11.8 Å². The lowest BCUT2D eigenvalue weighted by molar-refractivity contribution is 0.140. The maximum Gasteiger partial charge on any atom is 0.116 e. The second kappa shape index (κ2) is 5.61. The van der Waals surface area contributed by atoms with Crippen LogP contribution in [0.15, 0.2) is 0 Å². The third-order valence-corrected chi connectivity index (χ3v) is 0.906. The van der Waals surface area contributed by atoms with Crippen LogP contribution in [0.2, 0.25) is 0 Å². The fourth-order valence-electron chi connectivity index (χ4n) is 0.468. The molecule has 52 valence electrons. The summed E-state index contributed by atoms with van der Waals surface area (Å²) in [5.41, 5.74) is 0. The van der Waals surface area contributed by atoms with E-state index >= 15 is 0 Å².